The molecule has 1 aliphatic rings. The minimum Gasteiger partial charge on any atom is -0.388 e. The van der Waals surface area contributed by atoms with Crippen LogP contribution in [0.2, 0.25) is 0 Å². The van der Waals surface area contributed by atoms with Crippen LogP contribution in [0, 0.1) is 0 Å². The minimum absolute atomic E-state index is 1.09. The quantitative estimate of drug-likeness (QED) is 0.333. The van der Waals surface area contributed by atoms with Crippen LogP contribution in [0.15, 0.2) is 0 Å². The maximum Gasteiger partial charge on any atom is 0.114 e. The third-order valence-corrected chi connectivity index (χ3v) is 2.35. The Hall–Kier alpha value is -0.280. The standard InChI is InChI=1S/C7H14O6.C2H6O/c1-13-7-5(11)3(9)2(8)4(10)6(7)12;1-3-2/h2-12H,1H3;1-2H3/t2-,3-,4-,5-,6+,7+;/m0./s1. The Morgan fingerprint density at radius 1 is 0.625 bits per heavy atom. The van der Waals surface area contributed by atoms with Gasteiger partial charge in [-0.25, -0.2) is 0 Å². The molecule has 0 spiro atoms. The van der Waals surface area contributed by atoms with E-state index in [4.69, 9.17) is 5.11 Å². The number of hydrogen-bond donors (Lipinski definition) is 5. The molecule has 0 heterocycles. The second kappa shape index (κ2) is 7.13. The van der Waals surface area contributed by atoms with Crippen LogP contribution in [0.25, 0.3) is 0 Å². The van der Waals surface area contributed by atoms with Crippen molar-refractivity contribution in [1.82, 2.24) is 0 Å². The molecule has 0 aromatic heterocycles. The summed E-state index contributed by atoms with van der Waals surface area (Å²) in [6.45, 7) is 0. The van der Waals surface area contributed by atoms with E-state index in [1.165, 1.54) is 7.11 Å². The molecule has 0 aromatic carbocycles. The summed E-state index contributed by atoms with van der Waals surface area (Å²) in [7, 11) is 4.48. The number of hydrogen-bond acceptors (Lipinski definition) is 7. The Balaban J connectivity index is 0.000000673. The van der Waals surface area contributed by atoms with E-state index in [-0.39, 0.29) is 0 Å². The van der Waals surface area contributed by atoms with E-state index < -0.39 is 36.6 Å². The molecule has 0 aromatic rings. The molecule has 5 N–H and O–H groups in total. The van der Waals surface area contributed by atoms with Crippen LogP contribution >= 0.6 is 0 Å². The van der Waals surface area contributed by atoms with Gasteiger partial charge in [-0.3, -0.25) is 0 Å². The van der Waals surface area contributed by atoms with Crippen LogP contribution in [0.3, 0.4) is 0 Å². The molecule has 98 valence electrons. The molecule has 0 radical (unpaired) electrons. The second-order valence-electron chi connectivity index (χ2n) is 3.56. The van der Waals surface area contributed by atoms with Gasteiger partial charge in [-0.15, -0.1) is 0 Å². The van der Waals surface area contributed by atoms with Gasteiger partial charge in [0, 0.05) is 21.3 Å². The topological polar surface area (TPSA) is 120 Å². The fourth-order valence-electron chi connectivity index (χ4n) is 1.48. The number of ether oxygens (including phenoxy) is 2. The average molecular weight is 240 g/mol. The summed E-state index contributed by atoms with van der Waals surface area (Å²) in [6.07, 6.45) is -8.48. The SMILES string of the molecule is COC.CO[C@H]1[C@H](O)[C@@H](O)[C@@H](O)[C@H](O)[C@@H]1O. The first kappa shape index (κ1) is 15.7. The maximum absolute atomic E-state index is 9.29. The molecule has 0 bridgehead atoms. The summed E-state index contributed by atoms with van der Waals surface area (Å²) in [6, 6.07) is 0. The highest BCUT2D eigenvalue weighted by atomic mass is 16.5. The van der Waals surface area contributed by atoms with E-state index in [9.17, 15) is 20.4 Å². The van der Waals surface area contributed by atoms with Gasteiger partial charge in [0.15, 0.2) is 0 Å². The Labute approximate surface area is 93.9 Å². The van der Waals surface area contributed by atoms with E-state index in [0.29, 0.717) is 0 Å². The summed E-state index contributed by atoms with van der Waals surface area (Å²) in [5, 5.41) is 46.1. The van der Waals surface area contributed by atoms with Crippen LogP contribution in [-0.4, -0.2) is 83.5 Å². The van der Waals surface area contributed by atoms with Gasteiger partial charge >= 0.3 is 0 Å². The van der Waals surface area contributed by atoms with Crippen molar-refractivity contribution < 1.29 is 35.0 Å². The second-order valence-corrected chi connectivity index (χ2v) is 3.56. The predicted molar refractivity (Wildman–Crippen MR) is 53.8 cm³/mol. The predicted octanol–water partition coefficient (Wildman–Crippen LogP) is -2.92. The molecule has 0 amide bonds. The maximum atomic E-state index is 9.29. The number of aliphatic hydroxyl groups is 5. The molecule has 1 rings (SSSR count). The summed E-state index contributed by atoms with van der Waals surface area (Å²) in [5.41, 5.74) is 0. The van der Waals surface area contributed by atoms with Gasteiger partial charge in [-0.2, -0.15) is 0 Å². The Bertz CT molecular complexity index is 173. The van der Waals surface area contributed by atoms with Gasteiger partial charge in [0.1, 0.15) is 36.6 Å². The molecule has 1 fully saturated rings. The summed E-state index contributed by atoms with van der Waals surface area (Å²) < 4.78 is 8.92. The molecule has 0 saturated heterocycles. The van der Waals surface area contributed by atoms with Crippen LogP contribution in [0.1, 0.15) is 0 Å². The molecule has 0 unspecified atom stereocenters. The van der Waals surface area contributed by atoms with Crippen molar-refractivity contribution in [3.63, 3.8) is 0 Å². The molecule has 16 heavy (non-hydrogen) atoms. The average Bonchev–Trinajstić information content (AvgIpc) is 2.26. The van der Waals surface area contributed by atoms with Crippen molar-refractivity contribution in [3.05, 3.63) is 0 Å². The van der Waals surface area contributed by atoms with Crippen molar-refractivity contribution in [3.8, 4) is 0 Å². The Kier molecular flexibility index (Phi) is 7.00. The van der Waals surface area contributed by atoms with Crippen molar-refractivity contribution in [2.45, 2.75) is 36.6 Å². The molecular formula is C9H20O7. The lowest BCUT2D eigenvalue weighted by molar-refractivity contribution is -0.229. The largest absolute Gasteiger partial charge is 0.388 e. The third-order valence-electron chi connectivity index (χ3n) is 2.35. The van der Waals surface area contributed by atoms with Gasteiger partial charge in [0.05, 0.1) is 0 Å². The van der Waals surface area contributed by atoms with Crippen LogP contribution in [-0.2, 0) is 9.47 Å². The van der Waals surface area contributed by atoms with Crippen molar-refractivity contribution in [2.75, 3.05) is 21.3 Å². The molecule has 0 aliphatic heterocycles. The lowest BCUT2D eigenvalue weighted by atomic mass is 9.85. The summed E-state index contributed by atoms with van der Waals surface area (Å²) in [4.78, 5) is 0. The molecule has 7 heteroatoms. The van der Waals surface area contributed by atoms with Gasteiger partial charge < -0.3 is 35.0 Å². The van der Waals surface area contributed by atoms with Gasteiger partial charge in [-0.05, 0) is 0 Å². The zero-order valence-electron chi connectivity index (χ0n) is 9.52. The normalized spacial score (nSPS) is 43.5. The number of aliphatic hydroxyl groups excluding tert-OH is 5. The molecule has 7 nitrogen and oxygen atoms in total. The third kappa shape index (κ3) is 3.36. The first-order chi connectivity index (χ1) is 7.42. The van der Waals surface area contributed by atoms with E-state index in [0.717, 1.165) is 0 Å². The summed E-state index contributed by atoms with van der Waals surface area (Å²) in [5.74, 6) is 0. The lowest BCUT2D eigenvalue weighted by Crippen LogP contribution is -2.64. The van der Waals surface area contributed by atoms with E-state index in [2.05, 4.69) is 9.47 Å². The summed E-state index contributed by atoms with van der Waals surface area (Å²) >= 11 is 0. The molecular weight excluding hydrogens is 220 g/mol. The zero-order chi connectivity index (χ0) is 12.9. The lowest BCUT2D eigenvalue weighted by Gasteiger charge is -2.40. The van der Waals surface area contributed by atoms with E-state index >= 15 is 0 Å². The van der Waals surface area contributed by atoms with Crippen molar-refractivity contribution in [1.29, 1.82) is 0 Å². The minimum atomic E-state index is -1.56. The van der Waals surface area contributed by atoms with Gasteiger partial charge in [0.2, 0.25) is 0 Å². The Morgan fingerprint density at radius 2 is 0.875 bits per heavy atom. The van der Waals surface area contributed by atoms with Crippen LogP contribution in [0.4, 0.5) is 0 Å². The van der Waals surface area contributed by atoms with Crippen molar-refractivity contribution in [2.24, 2.45) is 0 Å². The van der Waals surface area contributed by atoms with E-state index in [1.54, 1.807) is 14.2 Å². The Morgan fingerprint density at radius 3 is 1.12 bits per heavy atom. The van der Waals surface area contributed by atoms with E-state index in [1.807, 2.05) is 0 Å². The highest BCUT2D eigenvalue weighted by molar-refractivity contribution is 4.99. The zero-order valence-corrected chi connectivity index (χ0v) is 9.52. The molecule has 1 saturated carbocycles. The highest BCUT2D eigenvalue weighted by Gasteiger charge is 2.48. The van der Waals surface area contributed by atoms with Gasteiger partial charge in [0.25, 0.3) is 0 Å². The molecule has 6 atom stereocenters. The first-order valence-electron chi connectivity index (χ1n) is 4.75. The monoisotopic (exact) mass is 240 g/mol. The first-order valence-corrected chi connectivity index (χ1v) is 4.75. The van der Waals surface area contributed by atoms with Crippen molar-refractivity contribution >= 4 is 0 Å². The number of rotatable bonds is 1. The van der Waals surface area contributed by atoms with Crippen LogP contribution in [0.5, 0.6) is 0 Å². The molecule has 1 aliphatic carbocycles. The highest BCUT2D eigenvalue weighted by Crippen LogP contribution is 2.23. The van der Waals surface area contributed by atoms with Crippen LogP contribution < -0.4 is 0 Å². The smallest absolute Gasteiger partial charge is 0.114 e. The fraction of sp³-hybridized carbons (Fsp3) is 1.00. The van der Waals surface area contributed by atoms with Gasteiger partial charge in [-0.1, -0.05) is 0 Å². The number of methoxy groups -OCH3 is 2. The fourth-order valence-corrected chi connectivity index (χ4v) is 1.48.